The summed E-state index contributed by atoms with van der Waals surface area (Å²) in [6.07, 6.45) is 4.89. The monoisotopic (exact) mass is 363 g/mol. The number of nitrogens with zero attached hydrogens (tertiary/aromatic N) is 1. The van der Waals surface area contributed by atoms with E-state index in [1.807, 2.05) is 23.4 Å². The van der Waals surface area contributed by atoms with E-state index in [-0.39, 0.29) is 5.91 Å². The summed E-state index contributed by atoms with van der Waals surface area (Å²) >= 11 is 3.90. The molecule has 0 aromatic carbocycles. The van der Waals surface area contributed by atoms with Gasteiger partial charge >= 0.3 is 0 Å². The van der Waals surface area contributed by atoms with Gasteiger partial charge in [0.25, 0.3) is 5.91 Å². The van der Waals surface area contributed by atoms with Crippen molar-refractivity contribution in [1.29, 1.82) is 0 Å². The van der Waals surface area contributed by atoms with Gasteiger partial charge in [-0.25, -0.2) is 0 Å². The van der Waals surface area contributed by atoms with Gasteiger partial charge in [-0.15, -0.1) is 11.3 Å². The van der Waals surface area contributed by atoms with Gasteiger partial charge in [0.05, 0.1) is 8.45 Å². The second-order valence-electron chi connectivity index (χ2n) is 4.98. The van der Waals surface area contributed by atoms with Crippen molar-refractivity contribution in [3.05, 3.63) is 19.9 Å². The second kappa shape index (κ2) is 5.69. The largest absolute Gasteiger partial charge is 0.339 e. The summed E-state index contributed by atoms with van der Waals surface area (Å²) in [5, 5.41) is 1.97. The van der Waals surface area contributed by atoms with Crippen LogP contribution < -0.4 is 0 Å². The van der Waals surface area contributed by atoms with Gasteiger partial charge < -0.3 is 4.90 Å². The molecule has 1 saturated carbocycles. The van der Waals surface area contributed by atoms with E-state index in [0.717, 1.165) is 24.3 Å². The van der Waals surface area contributed by atoms with Crippen molar-refractivity contribution in [2.75, 3.05) is 7.05 Å². The molecule has 2 rings (SSSR count). The zero-order valence-corrected chi connectivity index (χ0v) is 13.3. The minimum absolute atomic E-state index is 0.184. The van der Waals surface area contributed by atoms with Gasteiger partial charge in [-0.1, -0.05) is 19.8 Å². The van der Waals surface area contributed by atoms with E-state index in [2.05, 4.69) is 29.5 Å². The molecule has 2 nitrogen and oxygen atoms in total. The molecule has 0 spiro atoms. The van der Waals surface area contributed by atoms with Crippen molar-refractivity contribution in [3.8, 4) is 0 Å². The van der Waals surface area contributed by atoms with Gasteiger partial charge in [0, 0.05) is 18.5 Å². The Morgan fingerprint density at radius 3 is 2.88 bits per heavy atom. The first-order valence-corrected chi connectivity index (χ1v) is 8.05. The lowest BCUT2D eigenvalue weighted by Crippen LogP contribution is -2.39. The summed E-state index contributed by atoms with van der Waals surface area (Å²) in [5.41, 5.74) is 0.847. The van der Waals surface area contributed by atoms with Gasteiger partial charge in [0.2, 0.25) is 0 Å². The number of hydrogen-bond acceptors (Lipinski definition) is 2. The Kier molecular flexibility index (Phi) is 4.47. The first kappa shape index (κ1) is 13.3. The Bertz CT molecular complexity index is 404. The summed E-state index contributed by atoms with van der Waals surface area (Å²) < 4.78 is 1.18. The molecule has 0 saturated heterocycles. The molecule has 0 aliphatic heterocycles. The van der Waals surface area contributed by atoms with Crippen LogP contribution in [0.1, 0.15) is 43.0 Å². The lowest BCUT2D eigenvalue weighted by molar-refractivity contribution is 0.0673. The molecule has 2 atom stereocenters. The molecular weight excluding hydrogens is 345 g/mol. The lowest BCUT2D eigenvalue weighted by atomic mass is 9.86. The Morgan fingerprint density at radius 1 is 1.53 bits per heavy atom. The summed E-state index contributed by atoms with van der Waals surface area (Å²) in [6.45, 7) is 2.29. The number of thiophene rings is 1. The fourth-order valence-electron chi connectivity index (χ4n) is 2.55. The first-order valence-electron chi connectivity index (χ1n) is 6.09. The number of amides is 1. The number of carbonyl (C=O) groups is 1. The molecule has 0 N–H and O–H groups in total. The molecule has 1 aliphatic rings. The third-order valence-electron chi connectivity index (χ3n) is 3.59. The highest BCUT2D eigenvalue weighted by molar-refractivity contribution is 14.1. The second-order valence-corrected chi connectivity index (χ2v) is 7.79. The van der Waals surface area contributed by atoms with Crippen LogP contribution >= 0.6 is 33.9 Å². The van der Waals surface area contributed by atoms with Crippen LogP contribution in [0.4, 0.5) is 0 Å². The van der Waals surface area contributed by atoms with Gasteiger partial charge in [-0.2, -0.15) is 0 Å². The fraction of sp³-hybridized carbons (Fsp3) is 0.615. The molecule has 1 heterocycles. The van der Waals surface area contributed by atoms with Crippen LogP contribution in [-0.4, -0.2) is 23.9 Å². The Labute approximate surface area is 121 Å². The van der Waals surface area contributed by atoms with Gasteiger partial charge in [-0.3, -0.25) is 4.79 Å². The molecular formula is C13H18INOS. The van der Waals surface area contributed by atoms with E-state index < -0.39 is 0 Å². The third-order valence-corrected chi connectivity index (χ3v) is 5.38. The molecule has 1 aliphatic carbocycles. The lowest BCUT2D eigenvalue weighted by Gasteiger charge is -2.34. The highest BCUT2D eigenvalue weighted by Gasteiger charge is 2.26. The van der Waals surface area contributed by atoms with Crippen molar-refractivity contribution >= 4 is 39.8 Å². The average Bonchev–Trinajstić information content (AvgIpc) is 2.74. The SMILES string of the molecule is CC1CCCC(N(C)C(=O)c2csc(I)c2)C1. The first-order chi connectivity index (χ1) is 8.08. The number of rotatable bonds is 2. The Hall–Kier alpha value is -0.100. The predicted molar refractivity (Wildman–Crippen MR) is 80.5 cm³/mol. The average molecular weight is 363 g/mol. The van der Waals surface area contributed by atoms with E-state index in [9.17, 15) is 4.79 Å². The maximum atomic E-state index is 12.3. The molecule has 1 aromatic rings. The molecule has 17 heavy (non-hydrogen) atoms. The number of halogens is 1. The van der Waals surface area contributed by atoms with Crippen molar-refractivity contribution in [1.82, 2.24) is 4.90 Å². The van der Waals surface area contributed by atoms with Crippen molar-refractivity contribution in [2.45, 2.75) is 38.6 Å². The maximum absolute atomic E-state index is 12.3. The van der Waals surface area contributed by atoms with Gasteiger partial charge in [-0.05, 0) is 47.4 Å². The van der Waals surface area contributed by atoms with Crippen LogP contribution in [0.15, 0.2) is 11.4 Å². The smallest absolute Gasteiger partial charge is 0.254 e. The zero-order valence-electron chi connectivity index (χ0n) is 10.3. The molecule has 0 radical (unpaired) electrons. The predicted octanol–water partition coefficient (Wildman–Crippen LogP) is 4.00. The summed E-state index contributed by atoms with van der Waals surface area (Å²) in [7, 11) is 1.95. The van der Waals surface area contributed by atoms with Crippen LogP contribution in [0.25, 0.3) is 0 Å². The molecule has 0 bridgehead atoms. The van der Waals surface area contributed by atoms with Gasteiger partial charge in [0.15, 0.2) is 0 Å². The van der Waals surface area contributed by atoms with Crippen molar-refractivity contribution < 1.29 is 4.79 Å². The van der Waals surface area contributed by atoms with E-state index in [1.54, 1.807) is 11.3 Å². The van der Waals surface area contributed by atoms with Crippen LogP contribution in [-0.2, 0) is 0 Å². The molecule has 1 aromatic heterocycles. The van der Waals surface area contributed by atoms with E-state index in [0.29, 0.717) is 6.04 Å². The minimum atomic E-state index is 0.184. The Balaban J connectivity index is 2.04. The normalized spacial score (nSPS) is 24.6. The molecule has 4 heteroatoms. The van der Waals surface area contributed by atoms with Crippen LogP contribution in [0.5, 0.6) is 0 Å². The topological polar surface area (TPSA) is 20.3 Å². The van der Waals surface area contributed by atoms with Crippen molar-refractivity contribution in [3.63, 3.8) is 0 Å². The van der Waals surface area contributed by atoms with Crippen LogP contribution in [0.3, 0.4) is 0 Å². The highest BCUT2D eigenvalue weighted by atomic mass is 127. The quantitative estimate of drug-likeness (QED) is 0.728. The summed E-state index contributed by atoms with van der Waals surface area (Å²) in [6, 6.07) is 2.42. The number of carbonyl (C=O) groups excluding carboxylic acids is 1. The molecule has 94 valence electrons. The summed E-state index contributed by atoms with van der Waals surface area (Å²) in [5.74, 6) is 0.940. The summed E-state index contributed by atoms with van der Waals surface area (Å²) in [4.78, 5) is 14.2. The third kappa shape index (κ3) is 3.22. The molecule has 1 fully saturated rings. The standard InChI is InChI=1S/C13H18INOS/c1-9-4-3-5-11(6-9)15(2)13(16)10-7-12(14)17-8-10/h7-9,11H,3-6H2,1-2H3. The van der Waals surface area contributed by atoms with E-state index in [1.165, 1.54) is 15.7 Å². The maximum Gasteiger partial charge on any atom is 0.254 e. The minimum Gasteiger partial charge on any atom is -0.339 e. The molecule has 1 amide bonds. The van der Waals surface area contributed by atoms with Crippen LogP contribution in [0, 0.1) is 8.80 Å². The number of hydrogen-bond donors (Lipinski definition) is 0. The van der Waals surface area contributed by atoms with Crippen LogP contribution in [0.2, 0.25) is 0 Å². The van der Waals surface area contributed by atoms with Crippen molar-refractivity contribution in [2.24, 2.45) is 5.92 Å². The van der Waals surface area contributed by atoms with E-state index in [4.69, 9.17) is 0 Å². The fourth-order valence-corrected chi connectivity index (χ4v) is 3.87. The zero-order chi connectivity index (χ0) is 12.4. The highest BCUT2D eigenvalue weighted by Crippen LogP contribution is 2.28. The Morgan fingerprint density at radius 2 is 2.29 bits per heavy atom. The van der Waals surface area contributed by atoms with E-state index >= 15 is 0 Å². The molecule has 2 unspecified atom stereocenters. The van der Waals surface area contributed by atoms with Gasteiger partial charge in [0.1, 0.15) is 0 Å².